The van der Waals surface area contributed by atoms with Gasteiger partial charge in [0.1, 0.15) is 0 Å². The lowest BCUT2D eigenvalue weighted by atomic mass is 10.1. The maximum absolute atomic E-state index is 10.7. The molecule has 68 valence electrons. The molecule has 12 heavy (non-hydrogen) atoms. The Morgan fingerprint density at radius 2 is 2.17 bits per heavy atom. The minimum absolute atomic E-state index is 0.110. The molecule has 0 radical (unpaired) electrons. The molecule has 1 saturated carbocycles. The molecule has 2 unspecified atom stereocenters. The van der Waals surface area contributed by atoms with Gasteiger partial charge in [0.25, 0.3) is 0 Å². The monoisotopic (exact) mass is 170 g/mol. The van der Waals surface area contributed by atoms with Gasteiger partial charge in [0.2, 0.25) is 0 Å². The predicted molar refractivity (Wildman–Crippen MR) is 44.5 cm³/mol. The number of rotatable bonds is 3. The van der Waals surface area contributed by atoms with Gasteiger partial charge in [-0.3, -0.25) is 4.79 Å². The molecule has 0 bridgehead atoms. The van der Waals surface area contributed by atoms with Gasteiger partial charge in [-0.05, 0) is 17.4 Å². The molecule has 1 N–H and O–H groups in total. The molecule has 2 atom stereocenters. The molecule has 0 aromatic heterocycles. The number of allylic oxidation sites excluding steroid dienone is 1. The van der Waals surface area contributed by atoms with Crippen molar-refractivity contribution in [3.63, 3.8) is 0 Å². The second-order valence-corrected chi connectivity index (χ2v) is 3.73. The van der Waals surface area contributed by atoms with Crippen LogP contribution in [0.15, 0.2) is 12.3 Å². The quantitative estimate of drug-likeness (QED) is 0.653. The molecule has 1 fully saturated rings. The SMILES string of the molecule is COC=CC1C(C(=O)O)C1(C)C. The van der Waals surface area contributed by atoms with Gasteiger partial charge in [0.15, 0.2) is 0 Å². The van der Waals surface area contributed by atoms with E-state index >= 15 is 0 Å². The predicted octanol–water partition coefficient (Wildman–Crippen LogP) is 1.50. The van der Waals surface area contributed by atoms with Crippen molar-refractivity contribution in [2.45, 2.75) is 13.8 Å². The summed E-state index contributed by atoms with van der Waals surface area (Å²) >= 11 is 0. The lowest BCUT2D eigenvalue weighted by Gasteiger charge is -1.96. The summed E-state index contributed by atoms with van der Waals surface area (Å²) in [6, 6.07) is 0. The van der Waals surface area contributed by atoms with E-state index in [1.165, 1.54) is 0 Å². The van der Waals surface area contributed by atoms with Crippen LogP contribution in [0.2, 0.25) is 0 Å². The Balaban J connectivity index is 2.60. The summed E-state index contributed by atoms with van der Waals surface area (Å²) in [6.07, 6.45) is 3.37. The fraction of sp³-hybridized carbons (Fsp3) is 0.667. The van der Waals surface area contributed by atoms with Gasteiger partial charge in [0, 0.05) is 0 Å². The van der Waals surface area contributed by atoms with Gasteiger partial charge in [0.05, 0.1) is 19.3 Å². The molecule has 0 saturated heterocycles. The van der Waals surface area contributed by atoms with Crippen LogP contribution in [-0.2, 0) is 9.53 Å². The zero-order valence-corrected chi connectivity index (χ0v) is 7.57. The first-order chi connectivity index (χ1) is 5.51. The molecular weight excluding hydrogens is 156 g/mol. The summed E-state index contributed by atoms with van der Waals surface area (Å²) in [7, 11) is 1.56. The van der Waals surface area contributed by atoms with Crippen LogP contribution >= 0.6 is 0 Å². The first-order valence-electron chi connectivity index (χ1n) is 3.94. The Morgan fingerprint density at radius 3 is 2.50 bits per heavy atom. The van der Waals surface area contributed by atoms with Crippen LogP contribution in [-0.4, -0.2) is 18.2 Å². The topological polar surface area (TPSA) is 46.5 Å². The maximum atomic E-state index is 10.7. The van der Waals surface area contributed by atoms with Gasteiger partial charge in [-0.1, -0.05) is 13.8 Å². The van der Waals surface area contributed by atoms with E-state index in [0.29, 0.717) is 0 Å². The fourth-order valence-electron chi connectivity index (χ4n) is 1.67. The molecule has 0 spiro atoms. The normalized spacial score (nSPS) is 31.9. The van der Waals surface area contributed by atoms with E-state index in [0.717, 1.165) is 0 Å². The van der Waals surface area contributed by atoms with Crippen molar-refractivity contribution in [1.82, 2.24) is 0 Å². The minimum atomic E-state index is -0.717. The molecule has 1 aliphatic carbocycles. The van der Waals surface area contributed by atoms with Crippen LogP contribution in [0.3, 0.4) is 0 Å². The second kappa shape index (κ2) is 2.81. The average molecular weight is 170 g/mol. The Bertz CT molecular complexity index is 218. The van der Waals surface area contributed by atoms with Gasteiger partial charge < -0.3 is 9.84 Å². The number of ether oxygens (including phenoxy) is 1. The average Bonchev–Trinajstić information content (AvgIpc) is 2.49. The van der Waals surface area contributed by atoms with Crippen LogP contribution in [0, 0.1) is 17.3 Å². The summed E-state index contributed by atoms with van der Waals surface area (Å²) in [6.45, 7) is 3.91. The number of carboxylic acid groups (broad SMARTS) is 1. The Labute approximate surface area is 72.0 Å². The molecule has 1 rings (SSSR count). The smallest absolute Gasteiger partial charge is 0.307 e. The first kappa shape index (κ1) is 9.10. The van der Waals surface area contributed by atoms with Crippen molar-refractivity contribution in [2.75, 3.05) is 7.11 Å². The summed E-state index contributed by atoms with van der Waals surface area (Å²) in [5.74, 6) is -0.843. The van der Waals surface area contributed by atoms with Crippen LogP contribution < -0.4 is 0 Å². The number of hydrogen-bond donors (Lipinski definition) is 1. The van der Waals surface area contributed by atoms with Gasteiger partial charge in [-0.15, -0.1) is 0 Å². The largest absolute Gasteiger partial charge is 0.505 e. The van der Waals surface area contributed by atoms with Gasteiger partial charge in [-0.25, -0.2) is 0 Å². The van der Waals surface area contributed by atoms with E-state index in [-0.39, 0.29) is 17.3 Å². The molecule has 3 heteroatoms. The van der Waals surface area contributed by atoms with Crippen molar-refractivity contribution in [2.24, 2.45) is 17.3 Å². The van der Waals surface area contributed by atoms with Gasteiger partial charge >= 0.3 is 5.97 Å². The lowest BCUT2D eigenvalue weighted by molar-refractivity contribution is -0.139. The van der Waals surface area contributed by atoms with Crippen molar-refractivity contribution in [3.05, 3.63) is 12.3 Å². The van der Waals surface area contributed by atoms with E-state index in [1.54, 1.807) is 13.4 Å². The maximum Gasteiger partial charge on any atom is 0.307 e. The van der Waals surface area contributed by atoms with E-state index < -0.39 is 5.97 Å². The summed E-state index contributed by atoms with van der Waals surface area (Å²) in [5.41, 5.74) is -0.110. The van der Waals surface area contributed by atoms with E-state index in [2.05, 4.69) is 0 Å². The van der Waals surface area contributed by atoms with Crippen molar-refractivity contribution < 1.29 is 14.6 Å². The minimum Gasteiger partial charge on any atom is -0.505 e. The summed E-state index contributed by atoms with van der Waals surface area (Å²) < 4.78 is 4.74. The molecule has 3 nitrogen and oxygen atoms in total. The number of carboxylic acids is 1. The molecule has 0 heterocycles. The number of carbonyl (C=O) groups is 1. The van der Waals surface area contributed by atoms with Crippen molar-refractivity contribution >= 4 is 5.97 Å². The van der Waals surface area contributed by atoms with Crippen molar-refractivity contribution in [3.8, 4) is 0 Å². The number of hydrogen-bond acceptors (Lipinski definition) is 2. The van der Waals surface area contributed by atoms with Crippen LogP contribution in [0.4, 0.5) is 0 Å². The standard InChI is InChI=1S/C9H14O3/c1-9(2)6(4-5-12-3)7(9)8(10)11/h4-7H,1-3H3,(H,10,11). The highest BCUT2D eigenvalue weighted by Gasteiger charge is 2.60. The zero-order chi connectivity index (χ0) is 9.35. The van der Waals surface area contributed by atoms with Crippen LogP contribution in [0.25, 0.3) is 0 Å². The Hall–Kier alpha value is -0.990. The zero-order valence-electron chi connectivity index (χ0n) is 7.57. The lowest BCUT2D eigenvalue weighted by Crippen LogP contribution is -2.02. The molecule has 0 aliphatic heterocycles. The second-order valence-electron chi connectivity index (χ2n) is 3.73. The molecule has 0 amide bonds. The molecular formula is C9H14O3. The summed E-state index contributed by atoms with van der Waals surface area (Å²) in [4.78, 5) is 10.7. The van der Waals surface area contributed by atoms with Crippen molar-refractivity contribution in [1.29, 1.82) is 0 Å². The third-order valence-electron chi connectivity index (χ3n) is 2.60. The molecule has 0 aromatic rings. The van der Waals surface area contributed by atoms with Crippen LogP contribution in [0.1, 0.15) is 13.8 Å². The Kier molecular flexibility index (Phi) is 2.13. The third kappa shape index (κ3) is 1.31. The van der Waals surface area contributed by atoms with E-state index in [9.17, 15) is 4.79 Å². The number of aliphatic carboxylic acids is 1. The number of methoxy groups -OCH3 is 1. The molecule has 0 aromatic carbocycles. The highest BCUT2D eigenvalue weighted by Crippen LogP contribution is 2.58. The molecule has 1 aliphatic rings. The highest BCUT2D eigenvalue weighted by atomic mass is 16.5. The van der Waals surface area contributed by atoms with E-state index in [4.69, 9.17) is 9.84 Å². The van der Waals surface area contributed by atoms with Gasteiger partial charge in [-0.2, -0.15) is 0 Å². The Morgan fingerprint density at radius 1 is 1.58 bits per heavy atom. The highest BCUT2D eigenvalue weighted by molar-refractivity contribution is 5.76. The first-order valence-corrected chi connectivity index (χ1v) is 3.94. The summed E-state index contributed by atoms with van der Waals surface area (Å²) in [5, 5.41) is 8.78. The van der Waals surface area contributed by atoms with Crippen LogP contribution in [0.5, 0.6) is 0 Å². The third-order valence-corrected chi connectivity index (χ3v) is 2.60. The fourth-order valence-corrected chi connectivity index (χ4v) is 1.67. The van der Waals surface area contributed by atoms with E-state index in [1.807, 2.05) is 19.9 Å².